The number of hydrogen-bond acceptors (Lipinski definition) is 6. The molecular weight excluding hydrogens is 364 g/mol. The highest BCUT2D eigenvalue weighted by Gasteiger charge is 2.16. The molecule has 1 aliphatic heterocycles. The van der Waals surface area contributed by atoms with Gasteiger partial charge in [-0.2, -0.15) is 0 Å². The summed E-state index contributed by atoms with van der Waals surface area (Å²) in [6.07, 6.45) is 2.65. The number of benzene rings is 1. The molecule has 2 rings (SSSR count). The first-order chi connectivity index (χ1) is 12.5. The molecule has 1 heterocycles. The molecule has 1 aliphatic rings. The van der Waals surface area contributed by atoms with Crippen LogP contribution in [0.15, 0.2) is 18.2 Å². The van der Waals surface area contributed by atoms with Crippen LogP contribution >= 0.6 is 11.6 Å². The van der Waals surface area contributed by atoms with Gasteiger partial charge in [-0.15, -0.1) is 0 Å². The zero-order valence-electron chi connectivity index (χ0n) is 14.2. The van der Waals surface area contributed by atoms with Gasteiger partial charge in [0.15, 0.2) is 18.1 Å². The van der Waals surface area contributed by atoms with Gasteiger partial charge in [0, 0.05) is 12.6 Å². The van der Waals surface area contributed by atoms with Crippen molar-refractivity contribution in [1.29, 1.82) is 0 Å². The number of carbonyl (C=O) groups is 3. The molecule has 0 saturated heterocycles. The molecule has 9 heteroatoms. The summed E-state index contributed by atoms with van der Waals surface area (Å²) in [5.74, 6) is -0.616. The Labute approximate surface area is 155 Å². The topological polar surface area (TPSA) is 103 Å². The van der Waals surface area contributed by atoms with Crippen molar-refractivity contribution in [3.05, 3.63) is 28.8 Å². The summed E-state index contributed by atoms with van der Waals surface area (Å²) in [5, 5.41) is 5.24. The summed E-state index contributed by atoms with van der Waals surface area (Å²) in [4.78, 5) is 34.4. The molecule has 0 spiro atoms. The Bertz CT molecular complexity index is 719. The largest absolute Gasteiger partial charge is 0.486 e. The molecule has 1 aromatic rings. The van der Waals surface area contributed by atoms with Gasteiger partial charge in [-0.3, -0.25) is 9.59 Å². The molecule has 0 aromatic heterocycles. The second-order valence-electron chi connectivity index (χ2n) is 5.20. The van der Waals surface area contributed by atoms with E-state index in [1.54, 1.807) is 19.1 Å². The summed E-state index contributed by atoms with van der Waals surface area (Å²) < 4.78 is 15.7. The molecule has 8 nitrogen and oxygen atoms in total. The smallest absolute Gasteiger partial charge is 0.331 e. The SMILES string of the molecule is CCNC(=O)CNC(=O)COC(=O)/C=C/c1cc(Cl)c2c(c1)OCCO2. The first-order valence-corrected chi connectivity index (χ1v) is 8.34. The van der Waals surface area contributed by atoms with Gasteiger partial charge in [0.25, 0.3) is 5.91 Å². The van der Waals surface area contributed by atoms with Gasteiger partial charge >= 0.3 is 5.97 Å². The minimum Gasteiger partial charge on any atom is -0.486 e. The van der Waals surface area contributed by atoms with Crippen LogP contribution in [-0.4, -0.2) is 50.7 Å². The van der Waals surface area contributed by atoms with Crippen molar-refractivity contribution in [2.24, 2.45) is 0 Å². The predicted octanol–water partition coefficient (Wildman–Crippen LogP) is 0.920. The number of rotatable bonds is 7. The summed E-state index contributed by atoms with van der Waals surface area (Å²) >= 11 is 6.11. The molecule has 0 bridgehead atoms. The van der Waals surface area contributed by atoms with Crippen molar-refractivity contribution in [3.8, 4) is 11.5 Å². The average molecular weight is 383 g/mol. The van der Waals surface area contributed by atoms with E-state index in [1.807, 2.05) is 0 Å². The van der Waals surface area contributed by atoms with E-state index in [0.29, 0.717) is 41.8 Å². The Kier molecular flexibility index (Phi) is 7.28. The monoisotopic (exact) mass is 382 g/mol. The average Bonchev–Trinajstić information content (AvgIpc) is 2.63. The van der Waals surface area contributed by atoms with Gasteiger partial charge < -0.3 is 24.8 Å². The lowest BCUT2D eigenvalue weighted by molar-refractivity contribution is -0.143. The third-order valence-corrected chi connectivity index (χ3v) is 3.48. The summed E-state index contributed by atoms with van der Waals surface area (Å²) in [6, 6.07) is 3.31. The van der Waals surface area contributed by atoms with E-state index in [2.05, 4.69) is 10.6 Å². The van der Waals surface area contributed by atoms with Crippen molar-refractivity contribution < 1.29 is 28.6 Å². The number of hydrogen-bond donors (Lipinski definition) is 2. The van der Waals surface area contributed by atoms with E-state index in [0.717, 1.165) is 0 Å². The third-order valence-electron chi connectivity index (χ3n) is 3.20. The third kappa shape index (κ3) is 5.96. The van der Waals surface area contributed by atoms with E-state index in [9.17, 15) is 14.4 Å². The van der Waals surface area contributed by atoms with Crippen LogP contribution < -0.4 is 20.1 Å². The van der Waals surface area contributed by atoms with Gasteiger partial charge in [0.2, 0.25) is 5.91 Å². The van der Waals surface area contributed by atoms with Crippen LogP contribution in [0.5, 0.6) is 11.5 Å². The quantitative estimate of drug-likeness (QED) is 0.537. The van der Waals surface area contributed by atoms with Gasteiger partial charge in [0.1, 0.15) is 13.2 Å². The van der Waals surface area contributed by atoms with Crippen LogP contribution in [0.4, 0.5) is 0 Å². The molecule has 0 unspecified atom stereocenters. The fourth-order valence-electron chi connectivity index (χ4n) is 2.07. The Balaban J connectivity index is 1.81. The van der Waals surface area contributed by atoms with Gasteiger partial charge in [0.05, 0.1) is 11.6 Å². The van der Waals surface area contributed by atoms with Crippen LogP contribution in [0.1, 0.15) is 12.5 Å². The number of ether oxygens (including phenoxy) is 3. The highest BCUT2D eigenvalue weighted by Crippen LogP contribution is 2.38. The molecule has 0 saturated carbocycles. The van der Waals surface area contributed by atoms with Crippen molar-refractivity contribution in [1.82, 2.24) is 10.6 Å². The maximum Gasteiger partial charge on any atom is 0.331 e. The van der Waals surface area contributed by atoms with E-state index in [1.165, 1.54) is 12.2 Å². The summed E-state index contributed by atoms with van der Waals surface area (Å²) in [6.45, 7) is 2.43. The van der Waals surface area contributed by atoms with Crippen LogP contribution in [-0.2, 0) is 19.1 Å². The number of esters is 1. The Morgan fingerprint density at radius 2 is 1.96 bits per heavy atom. The fraction of sp³-hybridized carbons (Fsp3) is 0.353. The lowest BCUT2D eigenvalue weighted by atomic mass is 10.2. The van der Waals surface area contributed by atoms with E-state index in [-0.39, 0.29) is 12.5 Å². The van der Waals surface area contributed by atoms with Crippen molar-refractivity contribution in [2.45, 2.75) is 6.92 Å². The van der Waals surface area contributed by atoms with Crippen molar-refractivity contribution in [2.75, 3.05) is 32.9 Å². The van der Waals surface area contributed by atoms with E-state index < -0.39 is 18.5 Å². The van der Waals surface area contributed by atoms with Crippen molar-refractivity contribution in [3.63, 3.8) is 0 Å². The molecular formula is C17H19ClN2O6. The minimum atomic E-state index is -0.704. The maximum atomic E-state index is 11.7. The second kappa shape index (κ2) is 9.67. The minimum absolute atomic E-state index is 0.171. The first kappa shape index (κ1) is 19.6. The fourth-order valence-corrected chi connectivity index (χ4v) is 2.34. The zero-order chi connectivity index (χ0) is 18.9. The number of carbonyl (C=O) groups excluding carboxylic acids is 3. The zero-order valence-corrected chi connectivity index (χ0v) is 14.9. The Hall–Kier alpha value is -2.74. The number of nitrogens with one attached hydrogen (secondary N) is 2. The molecule has 0 atom stereocenters. The highest BCUT2D eigenvalue weighted by molar-refractivity contribution is 6.32. The lowest BCUT2D eigenvalue weighted by Gasteiger charge is -2.19. The van der Waals surface area contributed by atoms with E-state index >= 15 is 0 Å². The standard InChI is InChI=1S/C17H19ClN2O6/c1-2-19-14(21)9-20-15(22)10-26-16(23)4-3-11-7-12(18)17-13(8-11)24-5-6-25-17/h3-4,7-8H,2,5-6,9-10H2,1H3,(H,19,21)(H,20,22)/b4-3+. The van der Waals surface area contributed by atoms with Crippen molar-refractivity contribution >= 4 is 35.5 Å². The Morgan fingerprint density at radius 1 is 1.19 bits per heavy atom. The molecule has 0 fully saturated rings. The van der Waals surface area contributed by atoms with Crippen LogP contribution in [0, 0.1) is 0 Å². The number of amides is 2. The highest BCUT2D eigenvalue weighted by atomic mass is 35.5. The number of halogens is 1. The van der Waals surface area contributed by atoms with Gasteiger partial charge in [-0.05, 0) is 30.7 Å². The number of likely N-dealkylation sites (N-methyl/N-ethyl adjacent to an activating group) is 1. The molecule has 0 aliphatic carbocycles. The molecule has 2 N–H and O–H groups in total. The van der Waals surface area contributed by atoms with Crippen LogP contribution in [0.3, 0.4) is 0 Å². The molecule has 26 heavy (non-hydrogen) atoms. The summed E-state index contributed by atoms with van der Waals surface area (Å²) in [5.41, 5.74) is 0.622. The van der Waals surface area contributed by atoms with Crippen LogP contribution in [0.2, 0.25) is 5.02 Å². The van der Waals surface area contributed by atoms with Crippen LogP contribution in [0.25, 0.3) is 6.08 Å². The summed E-state index contributed by atoms with van der Waals surface area (Å²) in [7, 11) is 0. The lowest BCUT2D eigenvalue weighted by Crippen LogP contribution is -2.38. The van der Waals surface area contributed by atoms with Gasteiger partial charge in [-0.1, -0.05) is 11.6 Å². The maximum absolute atomic E-state index is 11.7. The Morgan fingerprint density at radius 3 is 2.73 bits per heavy atom. The molecule has 0 radical (unpaired) electrons. The molecule has 140 valence electrons. The van der Waals surface area contributed by atoms with E-state index in [4.69, 9.17) is 25.8 Å². The van der Waals surface area contributed by atoms with Gasteiger partial charge in [-0.25, -0.2) is 4.79 Å². The normalized spacial score (nSPS) is 12.5. The molecule has 2 amide bonds. The predicted molar refractivity (Wildman–Crippen MR) is 94.1 cm³/mol. The molecule has 1 aromatic carbocycles. The first-order valence-electron chi connectivity index (χ1n) is 7.97. The number of fused-ring (bicyclic) bond motifs is 1. The second-order valence-corrected chi connectivity index (χ2v) is 5.61.